The Bertz CT molecular complexity index is 1050. The summed E-state index contributed by atoms with van der Waals surface area (Å²) in [6.07, 6.45) is 1.36. The van der Waals surface area contributed by atoms with Crippen LogP contribution in [0.5, 0.6) is 0 Å². The van der Waals surface area contributed by atoms with Crippen molar-refractivity contribution in [3.05, 3.63) is 58.7 Å². The highest BCUT2D eigenvalue weighted by molar-refractivity contribution is 7.92. The lowest BCUT2D eigenvalue weighted by Crippen LogP contribution is -2.15. The van der Waals surface area contributed by atoms with Crippen LogP contribution in [-0.2, 0) is 23.6 Å². The summed E-state index contributed by atoms with van der Waals surface area (Å²) in [5.41, 5.74) is 4.81. The van der Waals surface area contributed by atoms with Crippen LogP contribution in [0.4, 0.5) is 5.69 Å². The van der Waals surface area contributed by atoms with Gasteiger partial charge < -0.3 is 0 Å². The van der Waals surface area contributed by atoms with Gasteiger partial charge in [0.05, 0.1) is 35.5 Å². The average Bonchev–Trinajstić information content (AvgIpc) is 3.04. The van der Waals surface area contributed by atoms with Gasteiger partial charge in [0.25, 0.3) is 10.0 Å². The zero-order chi connectivity index (χ0) is 19.1. The number of sulfonamides is 1. The first-order valence-electron chi connectivity index (χ1n) is 8.30. The standard InChI is InChI=1S/C18H23N5O2S/c1-12-6-8-16(9-7-12)11-23-15(4)18(13(2)20-23)21-26(24,25)17-10-19-22(5)14(17)3/h6-10,21H,11H2,1-5H3. The lowest BCUT2D eigenvalue weighted by atomic mass is 10.1. The van der Waals surface area contributed by atoms with E-state index in [0.29, 0.717) is 23.6 Å². The Labute approximate surface area is 153 Å². The van der Waals surface area contributed by atoms with Gasteiger partial charge >= 0.3 is 0 Å². The molecule has 2 aromatic heterocycles. The van der Waals surface area contributed by atoms with Crippen LogP contribution in [0.3, 0.4) is 0 Å². The van der Waals surface area contributed by atoms with Crippen molar-refractivity contribution in [2.75, 3.05) is 4.72 Å². The third kappa shape index (κ3) is 3.37. The number of benzene rings is 1. The quantitative estimate of drug-likeness (QED) is 0.745. The van der Waals surface area contributed by atoms with Crippen molar-refractivity contribution in [3.8, 4) is 0 Å². The molecule has 1 aromatic carbocycles. The van der Waals surface area contributed by atoms with Crippen molar-refractivity contribution in [1.82, 2.24) is 19.6 Å². The number of hydrogen-bond donors (Lipinski definition) is 1. The number of rotatable bonds is 5. The molecule has 138 valence electrons. The van der Waals surface area contributed by atoms with E-state index >= 15 is 0 Å². The number of hydrogen-bond acceptors (Lipinski definition) is 4. The molecule has 1 N–H and O–H groups in total. The smallest absolute Gasteiger partial charge is 0.265 e. The first-order chi connectivity index (χ1) is 12.2. The van der Waals surface area contributed by atoms with Gasteiger partial charge in [-0.2, -0.15) is 10.2 Å². The predicted molar refractivity (Wildman–Crippen MR) is 101 cm³/mol. The SMILES string of the molecule is Cc1ccc(Cn2nc(C)c(NS(=O)(=O)c3cnn(C)c3C)c2C)cc1. The fourth-order valence-corrected chi connectivity index (χ4v) is 4.18. The summed E-state index contributed by atoms with van der Waals surface area (Å²) < 4.78 is 31.5. The van der Waals surface area contributed by atoms with Gasteiger partial charge in [-0.15, -0.1) is 0 Å². The van der Waals surface area contributed by atoms with Crippen molar-refractivity contribution >= 4 is 15.7 Å². The molecule has 0 saturated heterocycles. The molecule has 0 aliphatic carbocycles. The minimum Gasteiger partial charge on any atom is -0.276 e. The first-order valence-corrected chi connectivity index (χ1v) is 9.78. The first kappa shape index (κ1) is 18.2. The summed E-state index contributed by atoms with van der Waals surface area (Å²) in [7, 11) is -2.01. The maximum absolute atomic E-state index is 12.7. The molecule has 0 bridgehead atoms. The van der Waals surface area contributed by atoms with E-state index < -0.39 is 10.0 Å². The summed E-state index contributed by atoms with van der Waals surface area (Å²) in [5, 5.41) is 8.52. The molecule has 0 unspecified atom stereocenters. The molecule has 0 aliphatic heterocycles. The Morgan fingerprint density at radius 3 is 2.27 bits per heavy atom. The third-order valence-corrected chi connectivity index (χ3v) is 6.00. The van der Waals surface area contributed by atoms with E-state index in [9.17, 15) is 8.42 Å². The van der Waals surface area contributed by atoms with Crippen LogP contribution >= 0.6 is 0 Å². The molecular formula is C18H23N5O2S. The van der Waals surface area contributed by atoms with E-state index in [0.717, 1.165) is 11.3 Å². The van der Waals surface area contributed by atoms with Crippen LogP contribution in [-0.4, -0.2) is 28.0 Å². The van der Waals surface area contributed by atoms with E-state index in [1.54, 1.807) is 20.9 Å². The van der Waals surface area contributed by atoms with Crippen LogP contribution in [0, 0.1) is 27.7 Å². The van der Waals surface area contributed by atoms with Gasteiger partial charge in [-0.3, -0.25) is 14.1 Å². The molecular weight excluding hydrogens is 350 g/mol. The van der Waals surface area contributed by atoms with Gasteiger partial charge in [0, 0.05) is 7.05 Å². The highest BCUT2D eigenvalue weighted by Crippen LogP contribution is 2.25. The Hall–Kier alpha value is -2.61. The molecule has 7 nitrogen and oxygen atoms in total. The predicted octanol–water partition coefficient (Wildman–Crippen LogP) is 2.70. The molecule has 0 atom stereocenters. The average molecular weight is 373 g/mol. The molecule has 0 radical (unpaired) electrons. The number of anilines is 1. The van der Waals surface area contributed by atoms with Crippen LogP contribution in [0.25, 0.3) is 0 Å². The molecule has 0 amide bonds. The second kappa shape index (κ2) is 6.60. The van der Waals surface area contributed by atoms with Crippen molar-refractivity contribution in [2.24, 2.45) is 7.05 Å². The summed E-state index contributed by atoms with van der Waals surface area (Å²) in [6, 6.07) is 8.20. The van der Waals surface area contributed by atoms with Crippen LogP contribution in [0.1, 0.15) is 28.2 Å². The number of nitrogens with one attached hydrogen (secondary N) is 1. The molecule has 2 heterocycles. The van der Waals surface area contributed by atoms with Crippen molar-refractivity contribution in [3.63, 3.8) is 0 Å². The molecule has 0 aliphatic rings. The van der Waals surface area contributed by atoms with Crippen LogP contribution in [0.2, 0.25) is 0 Å². The van der Waals surface area contributed by atoms with Gasteiger partial charge in [-0.1, -0.05) is 29.8 Å². The van der Waals surface area contributed by atoms with Gasteiger partial charge in [-0.25, -0.2) is 8.42 Å². The molecule has 8 heteroatoms. The lowest BCUT2D eigenvalue weighted by Gasteiger charge is -2.09. The minimum absolute atomic E-state index is 0.171. The van der Waals surface area contributed by atoms with E-state index in [4.69, 9.17) is 0 Å². The number of aryl methyl sites for hydroxylation is 3. The number of nitrogens with zero attached hydrogens (tertiary/aromatic N) is 4. The highest BCUT2D eigenvalue weighted by atomic mass is 32.2. The largest absolute Gasteiger partial charge is 0.276 e. The molecule has 3 rings (SSSR count). The van der Waals surface area contributed by atoms with Crippen molar-refractivity contribution in [1.29, 1.82) is 0 Å². The van der Waals surface area contributed by atoms with Gasteiger partial charge in [0.1, 0.15) is 4.90 Å². The Morgan fingerprint density at radius 1 is 1.04 bits per heavy atom. The third-order valence-electron chi connectivity index (χ3n) is 4.55. The van der Waals surface area contributed by atoms with Crippen molar-refractivity contribution < 1.29 is 8.42 Å². The van der Waals surface area contributed by atoms with Crippen LogP contribution in [0.15, 0.2) is 35.4 Å². The molecule has 3 aromatic rings. The highest BCUT2D eigenvalue weighted by Gasteiger charge is 2.23. The molecule has 26 heavy (non-hydrogen) atoms. The van der Waals surface area contributed by atoms with E-state index in [2.05, 4.69) is 39.2 Å². The molecule has 0 fully saturated rings. The van der Waals surface area contributed by atoms with E-state index in [-0.39, 0.29) is 4.90 Å². The second-order valence-electron chi connectivity index (χ2n) is 6.51. The summed E-state index contributed by atoms with van der Waals surface area (Å²) in [5.74, 6) is 0. The lowest BCUT2D eigenvalue weighted by molar-refractivity contribution is 0.600. The van der Waals surface area contributed by atoms with Gasteiger partial charge in [0.2, 0.25) is 0 Å². The fourth-order valence-electron chi connectivity index (χ4n) is 2.80. The Kier molecular flexibility index (Phi) is 4.62. The van der Waals surface area contributed by atoms with Gasteiger partial charge in [-0.05, 0) is 33.3 Å². The second-order valence-corrected chi connectivity index (χ2v) is 8.16. The zero-order valence-electron chi connectivity index (χ0n) is 15.6. The molecule has 0 saturated carbocycles. The van der Waals surface area contributed by atoms with E-state index in [1.165, 1.54) is 16.4 Å². The van der Waals surface area contributed by atoms with Crippen molar-refractivity contribution in [2.45, 2.75) is 39.1 Å². The number of aromatic nitrogens is 4. The Morgan fingerprint density at radius 2 is 1.69 bits per heavy atom. The van der Waals surface area contributed by atoms with Gasteiger partial charge in [0.15, 0.2) is 0 Å². The molecule has 0 spiro atoms. The summed E-state index contributed by atoms with van der Waals surface area (Å²) in [4.78, 5) is 0.171. The maximum atomic E-state index is 12.7. The van der Waals surface area contributed by atoms with Crippen LogP contribution < -0.4 is 4.72 Å². The topological polar surface area (TPSA) is 81.8 Å². The zero-order valence-corrected chi connectivity index (χ0v) is 16.4. The maximum Gasteiger partial charge on any atom is 0.265 e. The minimum atomic E-state index is -3.72. The monoisotopic (exact) mass is 373 g/mol. The van der Waals surface area contributed by atoms with E-state index in [1.807, 2.05) is 18.5 Å². The Balaban J connectivity index is 1.90. The summed E-state index contributed by atoms with van der Waals surface area (Å²) >= 11 is 0. The summed E-state index contributed by atoms with van der Waals surface area (Å²) in [6.45, 7) is 8.01. The normalized spacial score (nSPS) is 11.7. The fraction of sp³-hybridized carbons (Fsp3) is 0.333.